The number of carboxylic acid groups (broad SMARTS) is 2. The summed E-state index contributed by atoms with van der Waals surface area (Å²) in [4.78, 5) is 19.9. The average Bonchev–Trinajstić information content (AvgIpc) is 1.82. The molecule has 0 rings (SSSR count). The second kappa shape index (κ2) is 5.43. The number of rotatable bonds is 4. The van der Waals surface area contributed by atoms with Gasteiger partial charge in [-0.1, -0.05) is 6.58 Å². The Morgan fingerprint density at radius 3 is 1.91 bits per heavy atom. The largest absolute Gasteiger partial charge is 0.481 e. The predicted octanol–water partition coefficient (Wildman–Crippen LogP) is 0.654. The van der Waals surface area contributed by atoms with Gasteiger partial charge in [0, 0.05) is 12.0 Å². The standard InChI is InChI=1S/C6H8O4.H3N/c1-4(6(9)10)2-3-5(7)8;/h1-3H2,(H,7,8)(H,9,10);1H3. The van der Waals surface area contributed by atoms with Crippen molar-refractivity contribution in [1.82, 2.24) is 6.15 Å². The quantitative estimate of drug-likeness (QED) is 0.524. The van der Waals surface area contributed by atoms with Gasteiger partial charge in [0.1, 0.15) is 0 Å². The van der Waals surface area contributed by atoms with Gasteiger partial charge in [0.2, 0.25) is 0 Å². The summed E-state index contributed by atoms with van der Waals surface area (Å²) in [5.74, 6) is -2.15. The molecule has 5 heteroatoms. The molecule has 0 aromatic carbocycles. The van der Waals surface area contributed by atoms with Crippen LogP contribution < -0.4 is 6.15 Å². The second-order valence-electron chi connectivity index (χ2n) is 1.80. The Hall–Kier alpha value is -1.36. The van der Waals surface area contributed by atoms with E-state index in [0.29, 0.717) is 0 Å². The Morgan fingerprint density at radius 2 is 1.64 bits per heavy atom. The zero-order chi connectivity index (χ0) is 8.15. The van der Waals surface area contributed by atoms with Crippen LogP contribution in [0.1, 0.15) is 12.8 Å². The van der Waals surface area contributed by atoms with E-state index in [1.807, 2.05) is 0 Å². The van der Waals surface area contributed by atoms with Crippen molar-refractivity contribution in [1.29, 1.82) is 0 Å². The van der Waals surface area contributed by atoms with Crippen LogP contribution in [0.25, 0.3) is 0 Å². The molecule has 0 radical (unpaired) electrons. The predicted molar refractivity (Wildman–Crippen MR) is 38.7 cm³/mol. The molecule has 0 aromatic heterocycles. The fraction of sp³-hybridized carbons (Fsp3) is 0.333. The van der Waals surface area contributed by atoms with Crippen molar-refractivity contribution in [3.05, 3.63) is 12.2 Å². The van der Waals surface area contributed by atoms with Gasteiger partial charge in [-0.25, -0.2) is 4.79 Å². The molecule has 0 saturated heterocycles. The van der Waals surface area contributed by atoms with Crippen molar-refractivity contribution in [2.45, 2.75) is 12.8 Å². The van der Waals surface area contributed by atoms with Crippen LogP contribution in [-0.2, 0) is 9.59 Å². The van der Waals surface area contributed by atoms with E-state index >= 15 is 0 Å². The van der Waals surface area contributed by atoms with Gasteiger partial charge in [-0.2, -0.15) is 0 Å². The van der Waals surface area contributed by atoms with E-state index in [2.05, 4.69) is 6.58 Å². The molecule has 11 heavy (non-hydrogen) atoms. The fourth-order valence-electron chi connectivity index (χ4n) is 0.365. The molecule has 0 aliphatic heterocycles. The summed E-state index contributed by atoms with van der Waals surface area (Å²) in [5.41, 5.74) is -0.0672. The molecule has 0 atom stereocenters. The van der Waals surface area contributed by atoms with Gasteiger partial charge >= 0.3 is 11.9 Å². The second-order valence-corrected chi connectivity index (χ2v) is 1.80. The molecule has 0 unspecified atom stereocenters. The zero-order valence-corrected chi connectivity index (χ0v) is 6.04. The van der Waals surface area contributed by atoms with Gasteiger partial charge in [-0.05, 0) is 6.42 Å². The van der Waals surface area contributed by atoms with Gasteiger partial charge in [-0.15, -0.1) is 0 Å². The third kappa shape index (κ3) is 6.53. The van der Waals surface area contributed by atoms with Crippen molar-refractivity contribution in [3.8, 4) is 0 Å². The van der Waals surface area contributed by atoms with Crippen molar-refractivity contribution in [2.75, 3.05) is 0 Å². The highest BCUT2D eigenvalue weighted by Crippen LogP contribution is 2.01. The maximum atomic E-state index is 10.0. The normalized spacial score (nSPS) is 8.00. The van der Waals surface area contributed by atoms with E-state index in [1.165, 1.54) is 0 Å². The minimum atomic E-state index is -1.14. The summed E-state index contributed by atoms with van der Waals surface area (Å²) in [7, 11) is 0. The topological polar surface area (TPSA) is 110 Å². The Labute approximate surface area is 63.9 Å². The van der Waals surface area contributed by atoms with Crippen LogP contribution in [0.2, 0.25) is 0 Å². The first kappa shape index (κ1) is 12.3. The molecule has 0 fully saturated rings. The number of hydrogen-bond donors (Lipinski definition) is 3. The first-order valence-electron chi connectivity index (χ1n) is 2.67. The molecule has 0 spiro atoms. The number of aliphatic carboxylic acids is 2. The first-order valence-corrected chi connectivity index (χ1v) is 2.67. The van der Waals surface area contributed by atoms with Crippen LogP contribution >= 0.6 is 0 Å². The highest BCUT2D eigenvalue weighted by molar-refractivity contribution is 5.86. The lowest BCUT2D eigenvalue weighted by atomic mass is 10.2. The Balaban J connectivity index is 0. The summed E-state index contributed by atoms with van der Waals surface area (Å²) >= 11 is 0. The van der Waals surface area contributed by atoms with Gasteiger partial charge < -0.3 is 16.4 Å². The molecule has 0 aliphatic carbocycles. The van der Waals surface area contributed by atoms with Gasteiger partial charge in [0.15, 0.2) is 0 Å². The van der Waals surface area contributed by atoms with E-state index in [0.717, 1.165) is 0 Å². The third-order valence-electron chi connectivity index (χ3n) is 0.943. The van der Waals surface area contributed by atoms with Crippen LogP contribution in [-0.4, -0.2) is 22.2 Å². The first-order chi connectivity index (χ1) is 4.54. The highest BCUT2D eigenvalue weighted by Gasteiger charge is 2.05. The van der Waals surface area contributed by atoms with E-state index in [9.17, 15) is 9.59 Å². The maximum absolute atomic E-state index is 10.0. The molecule has 0 aromatic rings. The molecule has 0 aliphatic rings. The van der Waals surface area contributed by atoms with E-state index in [4.69, 9.17) is 10.2 Å². The Kier molecular flexibility index (Phi) is 6.08. The molecule has 64 valence electrons. The molecule has 5 N–H and O–H groups in total. The van der Waals surface area contributed by atoms with Gasteiger partial charge in [0.05, 0.1) is 0 Å². The molecule has 5 nitrogen and oxygen atoms in total. The molecular weight excluding hydrogens is 150 g/mol. The van der Waals surface area contributed by atoms with Crippen molar-refractivity contribution in [3.63, 3.8) is 0 Å². The minimum absolute atomic E-state index is 0. The van der Waals surface area contributed by atoms with E-state index in [-0.39, 0.29) is 24.6 Å². The van der Waals surface area contributed by atoms with Crippen molar-refractivity contribution < 1.29 is 19.8 Å². The lowest BCUT2D eigenvalue weighted by Crippen LogP contribution is -2.02. The van der Waals surface area contributed by atoms with Crippen LogP contribution in [0.3, 0.4) is 0 Å². The minimum Gasteiger partial charge on any atom is -0.481 e. The SMILES string of the molecule is C=C(CCC(=O)O)C(=O)O.N. The molecule has 0 amide bonds. The molecule has 0 heterocycles. The lowest BCUT2D eigenvalue weighted by molar-refractivity contribution is -0.137. The van der Waals surface area contributed by atoms with Crippen LogP contribution in [0, 0.1) is 0 Å². The fourth-order valence-corrected chi connectivity index (χ4v) is 0.365. The summed E-state index contributed by atoms with van der Waals surface area (Å²) in [6.07, 6.45) is -0.171. The van der Waals surface area contributed by atoms with Crippen LogP contribution in [0.4, 0.5) is 0 Å². The molecule has 0 bridgehead atoms. The number of hydrogen-bond acceptors (Lipinski definition) is 3. The van der Waals surface area contributed by atoms with Crippen LogP contribution in [0.15, 0.2) is 12.2 Å². The smallest absolute Gasteiger partial charge is 0.330 e. The summed E-state index contributed by atoms with van der Waals surface area (Å²) in [6.45, 7) is 3.16. The average molecular weight is 161 g/mol. The van der Waals surface area contributed by atoms with E-state index < -0.39 is 11.9 Å². The van der Waals surface area contributed by atoms with Crippen molar-refractivity contribution in [2.24, 2.45) is 0 Å². The van der Waals surface area contributed by atoms with Crippen LogP contribution in [0.5, 0.6) is 0 Å². The summed E-state index contributed by atoms with van der Waals surface area (Å²) in [6, 6.07) is 0. The lowest BCUT2D eigenvalue weighted by Gasteiger charge is -1.94. The maximum Gasteiger partial charge on any atom is 0.330 e. The Morgan fingerprint density at radius 1 is 1.18 bits per heavy atom. The molecular formula is C6H11NO4. The highest BCUT2D eigenvalue weighted by atomic mass is 16.4. The monoisotopic (exact) mass is 161 g/mol. The summed E-state index contributed by atoms with van der Waals surface area (Å²) in [5, 5.41) is 16.3. The van der Waals surface area contributed by atoms with Crippen molar-refractivity contribution >= 4 is 11.9 Å². The summed E-state index contributed by atoms with van der Waals surface area (Å²) < 4.78 is 0. The Bertz CT molecular complexity index is 175. The van der Waals surface area contributed by atoms with E-state index in [1.54, 1.807) is 0 Å². The van der Waals surface area contributed by atoms with Gasteiger partial charge in [0.25, 0.3) is 0 Å². The number of carbonyl (C=O) groups is 2. The third-order valence-corrected chi connectivity index (χ3v) is 0.943. The van der Waals surface area contributed by atoms with Gasteiger partial charge in [-0.3, -0.25) is 4.79 Å². The molecule has 0 saturated carbocycles. The number of carboxylic acids is 2. The zero-order valence-electron chi connectivity index (χ0n) is 6.04.